The molecular formula is C25H31NO3. The van der Waals surface area contributed by atoms with Crippen molar-refractivity contribution >= 4 is 5.91 Å². The molecule has 2 aromatic rings. The van der Waals surface area contributed by atoms with Gasteiger partial charge in [0.1, 0.15) is 17.1 Å². The Balaban J connectivity index is 1.48. The second-order valence-corrected chi connectivity index (χ2v) is 8.82. The Kier molecular flexibility index (Phi) is 5.53. The van der Waals surface area contributed by atoms with Gasteiger partial charge in [0.15, 0.2) is 6.10 Å². The van der Waals surface area contributed by atoms with Crippen LogP contribution in [0.5, 0.6) is 11.5 Å². The standard InChI is InChI=1S/C25H31NO3/c1-4-22(28-19-14-13-17-9-5-6-10-18(17)15-19)24(27)26-21-16-25(2,3)29-23-12-8-7-11-20(21)23/h7-8,11-15,21-22H,4-6,9-10,16H2,1-3H3,(H,26,27)/t21-,22-/m1/s1. The number of rotatable bonds is 5. The number of benzene rings is 2. The number of carbonyl (C=O) groups excluding carboxylic acids is 1. The van der Waals surface area contributed by atoms with Crippen molar-refractivity contribution in [3.8, 4) is 11.5 Å². The van der Waals surface area contributed by atoms with Crippen LogP contribution in [0.4, 0.5) is 0 Å². The zero-order valence-corrected chi connectivity index (χ0v) is 17.7. The van der Waals surface area contributed by atoms with Gasteiger partial charge in [-0.3, -0.25) is 4.79 Å². The molecule has 2 atom stereocenters. The third kappa shape index (κ3) is 4.42. The minimum atomic E-state index is -0.505. The molecule has 0 fully saturated rings. The van der Waals surface area contributed by atoms with Gasteiger partial charge in [-0.15, -0.1) is 0 Å². The van der Waals surface area contributed by atoms with E-state index in [2.05, 4.69) is 31.3 Å². The average Bonchev–Trinajstić information content (AvgIpc) is 2.71. The monoisotopic (exact) mass is 393 g/mol. The van der Waals surface area contributed by atoms with Gasteiger partial charge >= 0.3 is 0 Å². The first-order valence-corrected chi connectivity index (χ1v) is 10.8. The molecule has 4 heteroatoms. The number of fused-ring (bicyclic) bond motifs is 2. The molecule has 2 aromatic carbocycles. The number of ether oxygens (including phenoxy) is 2. The Bertz CT molecular complexity index is 889. The van der Waals surface area contributed by atoms with Crippen LogP contribution < -0.4 is 14.8 Å². The zero-order chi connectivity index (χ0) is 20.4. The molecule has 4 rings (SSSR count). The molecule has 4 nitrogen and oxygen atoms in total. The maximum Gasteiger partial charge on any atom is 0.261 e. The van der Waals surface area contributed by atoms with Crippen molar-refractivity contribution in [3.05, 3.63) is 59.2 Å². The summed E-state index contributed by atoms with van der Waals surface area (Å²) in [6, 6.07) is 14.2. The van der Waals surface area contributed by atoms with E-state index in [0.717, 1.165) is 36.3 Å². The van der Waals surface area contributed by atoms with E-state index in [9.17, 15) is 4.79 Å². The number of hydrogen-bond acceptors (Lipinski definition) is 3. The van der Waals surface area contributed by atoms with Gasteiger partial charge in [-0.2, -0.15) is 0 Å². The number of nitrogens with one attached hydrogen (secondary N) is 1. The molecule has 0 aromatic heterocycles. The Morgan fingerprint density at radius 2 is 1.93 bits per heavy atom. The summed E-state index contributed by atoms with van der Waals surface area (Å²) in [5.41, 5.74) is 3.49. The summed E-state index contributed by atoms with van der Waals surface area (Å²) in [6.45, 7) is 6.11. The quantitative estimate of drug-likeness (QED) is 0.765. The molecule has 0 saturated carbocycles. The Labute approximate surface area is 173 Å². The second kappa shape index (κ2) is 8.10. The van der Waals surface area contributed by atoms with E-state index in [4.69, 9.17) is 9.47 Å². The average molecular weight is 394 g/mol. The molecule has 1 N–H and O–H groups in total. The number of aryl methyl sites for hydroxylation is 2. The lowest BCUT2D eigenvalue weighted by atomic mass is 9.89. The van der Waals surface area contributed by atoms with Crippen LogP contribution in [-0.2, 0) is 17.6 Å². The Hall–Kier alpha value is -2.49. The topological polar surface area (TPSA) is 47.6 Å². The zero-order valence-electron chi connectivity index (χ0n) is 17.7. The normalized spacial score (nSPS) is 20.6. The van der Waals surface area contributed by atoms with Crippen molar-refractivity contribution in [1.82, 2.24) is 5.32 Å². The first-order chi connectivity index (χ1) is 13.9. The van der Waals surface area contributed by atoms with Gasteiger partial charge in [-0.1, -0.05) is 31.2 Å². The third-order valence-corrected chi connectivity index (χ3v) is 5.95. The summed E-state index contributed by atoms with van der Waals surface area (Å²) in [7, 11) is 0. The first-order valence-electron chi connectivity index (χ1n) is 10.8. The van der Waals surface area contributed by atoms with Gasteiger partial charge in [-0.25, -0.2) is 0 Å². The maximum atomic E-state index is 13.1. The van der Waals surface area contributed by atoms with Crippen molar-refractivity contribution in [3.63, 3.8) is 0 Å². The minimum Gasteiger partial charge on any atom is -0.487 e. The lowest BCUT2D eigenvalue weighted by Crippen LogP contribution is -2.45. The van der Waals surface area contributed by atoms with Crippen LogP contribution in [-0.4, -0.2) is 17.6 Å². The highest BCUT2D eigenvalue weighted by atomic mass is 16.5. The second-order valence-electron chi connectivity index (χ2n) is 8.82. The molecule has 0 spiro atoms. The van der Waals surface area contributed by atoms with E-state index >= 15 is 0 Å². The van der Waals surface area contributed by atoms with Gasteiger partial charge in [-0.05, 0) is 75.3 Å². The highest BCUT2D eigenvalue weighted by molar-refractivity contribution is 5.81. The highest BCUT2D eigenvalue weighted by Crippen LogP contribution is 2.39. The van der Waals surface area contributed by atoms with E-state index in [0.29, 0.717) is 6.42 Å². The smallest absolute Gasteiger partial charge is 0.261 e. The molecule has 1 aliphatic heterocycles. The fourth-order valence-electron chi connectivity index (χ4n) is 4.47. The molecule has 0 saturated heterocycles. The van der Waals surface area contributed by atoms with Gasteiger partial charge < -0.3 is 14.8 Å². The van der Waals surface area contributed by atoms with Crippen LogP contribution >= 0.6 is 0 Å². The summed E-state index contributed by atoms with van der Waals surface area (Å²) in [4.78, 5) is 13.1. The van der Waals surface area contributed by atoms with Gasteiger partial charge in [0.2, 0.25) is 0 Å². The lowest BCUT2D eigenvalue weighted by molar-refractivity contribution is -0.129. The van der Waals surface area contributed by atoms with Crippen molar-refractivity contribution in [2.45, 2.75) is 77.0 Å². The molecule has 0 bridgehead atoms. The largest absolute Gasteiger partial charge is 0.487 e. The van der Waals surface area contributed by atoms with E-state index in [1.54, 1.807) is 0 Å². The highest BCUT2D eigenvalue weighted by Gasteiger charge is 2.35. The van der Waals surface area contributed by atoms with E-state index in [1.807, 2.05) is 37.3 Å². The summed E-state index contributed by atoms with van der Waals surface area (Å²) in [5, 5.41) is 3.22. The van der Waals surface area contributed by atoms with Crippen molar-refractivity contribution in [2.24, 2.45) is 0 Å². The van der Waals surface area contributed by atoms with Gasteiger partial charge in [0.05, 0.1) is 6.04 Å². The summed E-state index contributed by atoms with van der Waals surface area (Å²) in [5.74, 6) is 1.57. The van der Waals surface area contributed by atoms with Crippen molar-refractivity contribution in [2.75, 3.05) is 0 Å². The van der Waals surface area contributed by atoms with Crippen molar-refractivity contribution < 1.29 is 14.3 Å². The number of amides is 1. The van der Waals surface area contributed by atoms with Crippen LogP contribution in [0.3, 0.4) is 0 Å². The SMILES string of the molecule is CC[C@@H](Oc1ccc2c(c1)CCCC2)C(=O)N[C@@H]1CC(C)(C)Oc2ccccc21. The van der Waals surface area contributed by atoms with Crippen LogP contribution in [0.2, 0.25) is 0 Å². The molecular weight excluding hydrogens is 362 g/mol. The molecule has 2 aliphatic rings. The van der Waals surface area contributed by atoms with E-state index in [1.165, 1.54) is 24.0 Å². The molecule has 1 aliphatic carbocycles. The molecule has 0 unspecified atom stereocenters. The number of para-hydroxylation sites is 1. The third-order valence-electron chi connectivity index (χ3n) is 5.95. The van der Waals surface area contributed by atoms with Gasteiger partial charge in [0.25, 0.3) is 5.91 Å². The molecule has 1 amide bonds. The first kappa shape index (κ1) is 19.8. The molecule has 0 radical (unpaired) electrons. The predicted octanol–water partition coefficient (Wildman–Crippen LogP) is 5.14. The fraction of sp³-hybridized carbons (Fsp3) is 0.480. The van der Waals surface area contributed by atoms with Crippen LogP contribution in [0.25, 0.3) is 0 Å². The van der Waals surface area contributed by atoms with Crippen LogP contribution in [0.15, 0.2) is 42.5 Å². The molecule has 29 heavy (non-hydrogen) atoms. The summed E-state index contributed by atoms with van der Waals surface area (Å²) >= 11 is 0. The number of hydrogen-bond donors (Lipinski definition) is 1. The number of carbonyl (C=O) groups is 1. The Morgan fingerprint density at radius 1 is 1.17 bits per heavy atom. The summed E-state index contributed by atoms with van der Waals surface area (Å²) in [6.07, 6.45) is 5.58. The predicted molar refractivity (Wildman–Crippen MR) is 114 cm³/mol. The van der Waals surface area contributed by atoms with Crippen molar-refractivity contribution in [1.29, 1.82) is 0 Å². The molecule has 1 heterocycles. The maximum absolute atomic E-state index is 13.1. The van der Waals surface area contributed by atoms with Crippen LogP contribution in [0.1, 0.15) is 69.2 Å². The van der Waals surface area contributed by atoms with E-state index < -0.39 is 6.10 Å². The van der Waals surface area contributed by atoms with E-state index in [-0.39, 0.29) is 17.6 Å². The fourth-order valence-corrected chi connectivity index (χ4v) is 4.47. The Morgan fingerprint density at radius 3 is 2.72 bits per heavy atom. The summed E-state index contributed by atoms with van der Waals surface area (Å²) < 4.78 is 12.2. The van der Waals surface area contributed by atoms with Gasteiger partial charge in [0, 0.05) is 12.0 Å². The molecule has 154 valence electrons. The minimum absolute atomic E-state index is 0.0669. The lowest BCUT2D eigenvalue weighted by Gasteiger charge is -2.38. The van der Waals surface area contributed by atoms with Crippen LogP contribution in [0, 0.1) is 0 Å².